The van der Waals surface area contributed by atoms with Gasteiger partial charge in [0.2, 0.25) is 0 Å². The fourth-order valence-corrected chi connectivity index (χ4v) is 3.25. The first-order chi connectivity index (χ1) is 12.1. The standard InChI is InChI=1S/C12H16N6O7S/c1-18-9(7(6-14-18)10(19)20)26(22,23)17-11(21)16-12(25-3)13-5-4-8(15-12)24-2/h4-6,15H,1-3H3,(H,19,20)(H2,16,17,21). The lowest BCUT2D eigenvalue weighted by atomic mass is 10.4. The number of carbonyl (C=O) groups is 2. The van der Waals surface area contributed by atoms with Gasteiger partial charge in [0.1, 0.15) is 5.56 Å². The predicted molar refractivity (Wildman–Crippen MR) is 85.5 cm³/mol. The maximum atomic E-state index is 12.4. The maximum Gasteiger partial charge on any atom is 0.340 e. The Morgan fingerprint density at radius 2 is 2.08 bits per heavy atom. The molecule has 0 aliphatic carbocycles. The van der Waals surface area contributed by atoms with Crippen molar-refractivity contribution in [3.05, 3.63) is 23.7 Å². The molecule has 1 aromatic heterocycles. The lowest BCUT2D eigenvalue weighted by Gasteiger charge is -2.32. The van der Waals surface area contributed by atoms with Gasteiger partial charge in [0.05, 0.1) is 13.3 Å². The summed E-state index contributed by atoms with van der Waals surface area (Å²) < 4.78 is 37.3. The minimum atomic E-state index is -4.55. The topological polar surface area (TPSA) is 173 Å². The van der Waals surface area contributed by atoms with Gasteiger partial charge in [0, 0.05) is 26.4 Å². The van der Waals surface area contributed by atoms with Gasteiger partial charge in [-0.2, -0.15) is 13.5 Å². The second-order valence-electron chi connectivity index (χ2n) is 4.84. The van der Waals surface area contributed by atoms with Gasteiger partial charge in [0.25, 0.3) is 10.0 Å². The molecule has 2 rings (SSSR count). The summed E-state index contributed by atoms with van der Waals surface area (Å²) in [4.78, 5) is 27.2. The molecule has 26 heavy (non-hydrogen) atoms. The summed E-state index contributed by atoms with van der Waals surface area (Å²) in [6.07, 6.45) is 3.58. The molecule has 14 heteroatoms. The van der Waals surface area contributed by atoms with Crippen LogP contribution in [0.3, 0.4) is 0 Å². The first kappa shape index (κ1) is 19.2. The number of sulfonamides is 1. The number of aromatic nitrogens is 2. The second-order valence-corrected chi connectivity index (χ2v) is 6.44. The summed E-state index contributed by atoms with van der Waals surface area (Å²) in [6.45, 7) is 0. The predicted octanol–water partition coefficient (Wildman–Crippen LogP) is -1.47. The third kappa shape index (κ3) is 3.75. The van der Waals surface area contributed by atoms with E-state index in [4.69, 9.17) is 14.6 Å². The number of carboxylic acid groups (broad SMARTS) is 1. The fourth-order valence-electron chi connectivity index (χ4n) is 2.03. The monoisotopic (exact) mass is 388 g/mol. The van der Waals surface area contributed by atoms with Crippen LogP contribution in [-0.2, 0) is 26.5 Å². The van der Waals surface area contributed by atoms with E-state index in [1.54, 1.807) is 4.72 Å². The molecule has 0 bridgehead atoms. The van der Waals surface area contributed by atoms with E-state index >= 15 is 0 Å². The molecular weight excluding hydrogens is 372 g/mol. The summed E-state index contributed by atoms with van der Waals surface area (Å²) in [7, 11) is -0.761. The highest BCUT2D eigenvalue weighted by Crippen LogP contribution is 2.15. The number of methoxy groups -OCH3 is 2. The smallest absolute Gasteiger partial charge is 0.340 e. The lowest BCUT2D eigenvalue weighted by molar-refractivity contribution is -0.0536. The third-order valence-electron chi connectivity index (χ3n) is 3.17. The lowest BCUT2D eigenvalue weighted by Crippen LogP contribution is -2.62. The normalized spacial score (nSPS) is 19.3. The first-order valence-electron chi connectivity index (χ1n) is 6.87. The van der Waals surface area contributed by atoms with Crippen LogP contribution in [0.5, 0.6) is 0 Å². The molecule has 0 saturated heterocycles. The van der Waals surface area contributed by atoms with Crippen LogP contribution in [-0.4, -0.2) is 61.7 Å². The zero-order valence-electron chi connectivity index (χ0n) is 13.9. The van der Waals surface area contributed by atoms with Gasteiger partial charge in [-0.25, -0.2) is 19.3 Å². The van der Waals surface area contributed by atoms with Crippen LogP contribution in [0.25, 0.3) is 0 Å². The first-order valence-corrected chi connectivity index (χ1v) is 8.35. The average molecular weight is 388 g/mol. The van der Waals surface area contributed by atoms with Crippen LogP contribution >= 0.6 is 0 Å². The average Bonchev–Trinajstić information content (AvgIpc) is 2.97. The van der Waals surface area contributed by atoms with Crippen LogP contribution < -0.4 is 15.4 Å². The molecule has 1 aliphatic rings. The van der Waals surface area contributed by atoms with Gasteiger partial charge in [-0.3, -0.25) is 15.3 Å². The Bertz CT molecular complexity index is 890. The van der Waals surface area contributed by atoms with Crippen molar-refractivity contribution in [2.24, 2.45) is 12.0 Å². The zero-order valence-corrected chi connectivity index (χ0v) is 14.7. The number of rotatable bonds is 6. The van der Waals surface area contributed by atoms with Crippen molar-refractivity contribution in [1.29, 1.82) is 0 Å². The molecule has 0 spiro atoms. The Balaban J connectivity index is 2.22. The summed E-state index contributed by atoms with van der Waals surface area (Å²) in [5.74, 6) is -3.13. The highest BCUT2D eigenvalue weighted by atomic mass is 32.2. The molecule has 0 saturated carbocycles. The van der Waals surface area contributed by atoms with Crippen molar-refractivity contribution in [3.63, 3.8) is 0 Å². The molecule has 1 aliphatic heterocycles. The SMILES string of the molecule is COC1=CC=NC(NC(=O)NS(=O)(=O)c2c(C(=O)O)cnn2C)(OC)N1. The van der Waals surface area contributed by atoms with Crippen molar-refractivity contribution in [1.82, 2.24) is 25.1 Å². The third-order valence-corrected chi connectivity index (χ3v) is 4.62. The van der Waals surface area contributed by atoms with E-state index in [1.807, 2.05) is 0 Å². The summed E-state index contributed by atoms with van der Waals surface area (Å²) >= 11 is 0. The van der Waals surface area contributed by atoms with Gasteiger partial charge in [0.15, 0.2) is 10.9 Å². The number of hydrogen-bond donors (Lipinski definition) is 4. The van der Waals surface area contributed by atoms with Crippen LogP contribution in [0.2, 0.25) is 0 Å². The van der Waals surface area contributed by atoms with Gasteiger partial charge >= 0.3 is 18.0 Å². The largest absolute Gasteiger partial charge is 0.482 e. The molecule has 1 unspecified atom stereocenters. The number of urea groups is 1. The van der Waals surface area contributed by atoms with Crippen LogP contribution in [0.15, 0.2) is 28.2 Å². The van der Waals surface area contributed by atoms with Crippen LogP contribution in [0.4, 0.5) is 4.79 Å². The Hall–Kier alpha value is -3.13. The second kappa shape index (κ2) is 7.01. The van der Waals surface area contributed by atoms with Crippen LogP contribution in [0.1, 0.15) is 10.4 Å². The Kier molecular flexibility index (Phi) is 5.17. The molecule has 142 valence electrons. The van der Waals surface area contributed by atoms with E-state index in [9.17, 15) is 18.0 Å². The molecular formula is C12H16N6O7S. The van der Waals surface area contributed by atoms with Crippen molar-refractivity contribution in [2.75, 3.05) is 14.2 Å². The quantitative estimate of drug-likeness (QED) is 0.424. The highest BCUT2D eigenvalue weighted by Gasteiger charge is 2.36. The zero-order chi connectivity index (χ0) is 19.5. The molecule has 0 fully saturated rings. The van der Waals surface area contributed by atoms with E-state index in [-0.39, 0.29) is 5.88 Å². The minimum absolute atomic E-state index is 0.199. The van der Waals surface area contributed by atoms with Gasteiger partial charge in [-0.1, -0.05) is 0 Å². The van der Waals surface area contributed by atoms with Gasteiger partial charge in [-0.15, -0.1) is 0 Å². The number of aryl methyl sites for hydroxylation is 1. The molecule has 4 N–H and O–H groups in total. The number of hydrogen-bond acceptors (Lipinski definition) is 9. The number of carbonyl (C=O) groups excluding carboxylic acids is 1. The molecule has 1 atom stereocenters. The molecule has 2 amide bonds. The number of aromatic carboxylic acids is 1. The molecule has 0 aromatic carbocycles. The van der Waals surface area contributed by atoms with E-state index < -0.39 is 38.6 Å². The summed E-state index contributed by atoms with van der Waals surface area (Å²) in [6, 6.07) is -1.23. The molecule has 1 aromatic rings. The molecule has 13 nitrogen and oxygen atoms in total. The summed E-state index contributed by atoms with van der Waals surface area (Å²) in [5.41, 5.74) is -0.590. The van der Waals surface area contributed by atoms with Crippen molar-refractivity contribution >= 4 is 28.2 Å². The van der Waals surface area contributed by atoms with Gasteiger partial charge < -0.3 is 14.6 Å². The highest BCUT2D eigenvalue weighted by molar-refractivity contribution is 7.90. The number of carboxylic acids is 1. The van der Waals surface area contributed by atoms with E-state index in [2.05, 4.69) is 20.7 Å². The maximum absolute atomic E-state index is 12.4. The van der Waals surface area contributed by atoms with E-state index in [1.165, 1.54) is 33.6 Å². The Morgan fingerprint density at radius 1 is 1.38 bits per heavy atom. The van der Waals surface area contributed by atoms with Crippen molar-refractivity contribution in [3.8, 4) is 0 Å². The Labute approximate surface area is 147 Å². The van der Waals surface area contributed by atoms with Crippen LogP contribution in [0, 0.1) is 0 Å². The number of allylic oxidation sites excluding steroid dienone is 1. The molecule has 2 heterocycles. The molecule has 0 radical (unpaired) electrons. The number of amides is 2. The number of aliphatic imine (C=N–C) groups is 1. The summed E-state index contributed by atoms with van der Waals surface area (Å²) in [5, 5.41) is 16.7. The minimum Gasteiger partial charge on any atom is -0.482 e. The van der Waals surface area contributed by atoms with E-state index in [0.29, 0.717) is 0 Å². The number of nitrogens with zero attached hydrogens (tertiary/aromatic N) is 3. The van der Waals surface area contributed by atoms with Crippen molar-refractivity contribution in [2.45, 2.75) is 11.0 Å². The number of ether oxygens (including phenoxy) is 2. The van der Waals surface area contributed by atoms with Crippen molar-refractivity contribution < 1.29 is 32.6 Å². The Morgan fingerprint density at radius 3 is 2.65 bits per heavy atom. The van der Waals surface area contributed by atoms with Gasteiger partial charge in [-0.05, 0) is 0 Å². The van der Waals surface area contributed by atoms with E-state index in [0.717, 1.165) is 10.9 Å². The number of nitrogens with one attached hydrogen (secondary N) is 3. The fraction of sp³-hybridized carbons (Fsp3) is 0.333.